The van der Waals surface area contributed by atoms with Crippen LogP contribution >= 0.6 is 12.4 Å². The largest absolute Gasteiger partial charge is 0.349 e. The van der Waals surface area contributed by atoms with Crippen molar-refractivity contribution in [3.63, 3.8) is 0 Å². The fraction of sp³-hybridized carbons (Fsp3) is 0.333. The molecule has 6 heteroatoms. The van der Waals surface area contributed by atoms with E-state index in [1.807, 2.05) is 55.2 Å². The molecule has 2 N–H and O–H groups in total. The minimum Gasteiger partial charge on any atom is -0.349 e. The first-order chi connectivity index (χ1) is 9.72. The summed E-state index contributed by atoms with van der Waals surface area (Å²) in [6, 6.07) is 9.78. The van der Waals surface area contributed by atoms with E-state index in [0.29, 0.717) is 13.0 Å². The third kappa shape index (κ3) is 4.58. The van der Waals surface area contributed by atoms with Gasteiger partial charge in [0.15, 0.2) is 0 Å². The van der Waals surface area contributed by atoms with Crippen LogP contribution in [0.3, 0.4) is 0 Å². The molecule has 0 aliphatic carbocycles. The van der Waals surface area contributed by atoms with Gasteiger partial charge >= 0.3 is 0 Å². The molecule has 0 saturated carbocycles. The van der Waals surface area contributed by atoms with Crippen LogP contribution in [0.25, 0.3) is 5.69 Å². The lowest BCUT2D eigenvalue weighted by Gasteiger charge is -2.18. The molecule has 1 heterocycles. The fourth-order valence-corrected chi connectivity index (χ4v) is 2.10. The highest BCUT2D eigenvalue weighted by molar-refractivity contribution is 5.85. The van der Waals surface area contributed by atoms with E-state index in [1.165, 1.54) is 0 Å². The van der Waals surface area contributed by atoms with Crippen LogP contribution < -0.4 is 10.6 Å². The Hall–Kier alpha value is -1.85. The van der Waals surface area contributed by atoms with E-state index in [4.69, 9.17) is 0 Å². The Morgan fingerprint density at radius 3 is 2.76 bits per heavy atom. The van der Waals surface area contributed by atoms with E-state index < -0.39 is 0 Å². The molecule has 1 amide bonds. The van der Waals surface area contributed by atoms with Crippen LogP contribution in [-0.4, -0.2) is 29.3 Å². The Morgan fingerprint density at radius 1 is 1.33 bits per heavy atom. The van der Waals surface area contributed by atoms with Crippen molar-refractivity contribution >= 4 is 18.3 Å². The zero-order chi connectivity index (χ0) is 14.4. The number of aromatic nitrogens is 2. The lowest BCUT2D eigenvalue weighted by molar-refractivity contribution is -0.121. The second kappa shape index (κ2) is 8.44. The van der Waals surface area contributed by atoms with Crippen molar-refractivity contribution < 1.29 is 4.79 Å². The zero-order valence-electron chi connectivity index (χ0n) is 12.2. The van der Waals surface area contributed by atoms with E-state index in [0.717, 1.165) is 11.3 Å². The Labute approximate surface area is 131 Å². The van der Waals surface area contributed by atoms with Gasteiger partial charge in [0.1, 0.15) is 0 Å². The summed E-state index contributed by atoms with van der Waals surface area (Å²) in [6.07, 6.45) is 4.12. The first-order valence-electron chi connectivity index (χ1n) is 6.75. The number of nitrogens with zero attached hydrogens (tertiary/aromatic N) is 2. The SMILES string of the molecule is CNCCC(=O)NC(C)c1ccccc1-n1cccn1.Cl. The molecule has 0 radical (unpaired) electrons. The van der Waals surface area contributed by atoms with Gasteiger partial charge in [-0.1, -0.05) is 18.2 Å². The molecule has 0 saturated heterocycles. The van der Waals surface area contributed by atoms with Gasteiger partial charge in [0.05, 0.1) is 11.7 Å². The van der Waals surface area contributed by atoms with Crippen molar-refractivity contribution in [2.75, 3.05) is 13.6 Å². The molecular weight excluding hydrogens is 288 g/mol. The Kier molecular flexibility index (Phi) is 6.91. The number of carbonyl (C=O) groups is 1. The number of nitrogens with one attached hydrogen (secondary N) is 2. The molecule has 1 aromatic carbocycles. The normalized spacial score (nSPS) is 11.5. The van der Waals surface area contributed by atoms with Crippen LogP contribution in [0.4, 0.5) is 0 Å². The number of hydrogen-bond donors (Lipinski definition) is 2. The van der Waals surface area contributed by atoms with Crippen molar-refractivity contribution in [2.45, 2.75) is 19.4 Å². The molecule has 1 aromatic heterocycles. The van der Waals surface area contributed by atoms with E-state index in [1.54, 1.807) is 6.20 Å². The van der Waals surface area contributed by atoms with Gasteiger partial charge in [-0.15, -0.1) is 12.4 Å². The minimum absolute atomic E-state index is 0. The second-order valence-corrected chi connectivity index (χ2v) is 4.65. The number of carbonyl (C=O) groups excluding carboxylic acids is 1. The van der Waals surface area contributed by atoms with Crippen LogP contribution in [0.1, 0.15) is 24.9 Å². The van der Waals surface area contributed by atoms with Gasteiger partial charge in [-0.3, -0.25) is 4.79 Å². The highest BCUT2D eigenvalue weighted by Gasteiger charge is 2.13. The molecule has 0 aliphatic rings. The first kappa shape index (κ1) is 17.2. The predicted octanol–water partition coefficient (Wildman–Crippen LogP) is 2.08. The van der Waals surface area contributed by atoms with Crippen molar-refractivity contribution in [1.82, 2.24) is 20.4 Å². The number of halogens is 1. The Balaban J connectivity index is 0.00000220. The van der Waals surface area contributed by atoms with Crippen LogP contribution in [0.2, 0.25) is 0 Å². The summed E-state index contributed by atoms with van der Waals surface area (Å²) in [5, 5.41) is 10.2. The number of benzene rings is 1. The Morgan fingerprint density at radius 2 is 2.10 bits per heavy atom. The van der Waals surface area contributed by atoms with Crippen molar-refractivity contribution in [2.24, 2.45) is 0 Å². The van der Waals surface area contributed by atoms with Crippen LogP contribution in [0, 0.1) is 0 Å². The maximum atomic E-state index is 11.8. The van der Waals surface area contributed by atoms with Gasteiger partial charge in [-0.2, -0.15) is 5.10 Å². The topological polar surface area (TPSA) is 59.0 Å². The lowest BCUT2D eigenvalue weighted by Crippen LogP contribution is -2.29. The second-order valence-electron chi connectivity index (χ2n) is 4.65. The third-order valence-corrected chi connectivity index (χ3v) is 3.13. The molecule has 0 aliphatic heterocycles. The van der Waals surface area contributed by atoms with Crippen molar-refractivity contribution in [1.29, 1.82) is 0 Å². The number of para-hydroxylation sites is 1. The van der Waals surface area contributed by atoms with Gasteiger partial charge in [0.25, 0.3) is 0 Å². The lowest BCUT2D eigenvalue weighted by atomic mass is 10.1. The molecule has 114 valence electrons. The molecule has 1 atom stereocenters. The van der Waals surface area contributed by atoms with Crippen molar-refractivity contribution in [3.05, 3.63) is 48.3 Å². The minimum atomic E-state index is -0.0558. The summed E-state index contributed by atoms with van der Waals surface area (Å²) in [7, 11) is 1.84. The number of rotatable bonds is 6. The van der Waals surface area contributed by atoms with E-state index in [-0.39, 0.29) is 24.4 Å². The van der Waals surface area contributed by atoms with Crippen LogP contribution in [0.5, 0.6) is 0 Å². The summed E-state index contributed by atoms with van der Waals surface area (Å²) < 4.78 is 1.81. The number of hydrogen-bond acceptors (Lipinski definition) is 3. The average molecular weight is 309 g/mol. The molecule has 5 nitrogen and oxygen atoms in total. The first-order valence-corrected chi connectivity index (χ1v) is 6.75. The molecule has 2 aromatic rings. The van der Waals surface area contributed by atoms with Gasteiger partial charge in [0.2, 0.25) is 5.91 Å². The van der Waals surface area contributed by atoms with Crippen molar-refractivity contribution in [3.8, 4) is 5.69 Å². The molecule has 2 rings (SSSR count). The third-order valence-electron chi connectivity index (χ3n) is 3.13. The maximum absolute atomic E-state index is 11.8. The van der Waals surface area contributed by atoms with Gasteiger partial charge in [-0.25, -0.2) is 4.68 Å². The summed E-state index contributed by atoms with van der Waals surface area (Å²) >= 11 is 0. The maximum Gasteiger partial charge on any atom is 0.221 e. The van der Waals surface area contributed by atoms with E-state index >= 15 is 0 Å². The Bertz CT molecular complexity index is 557. The smallest absolute Gasteiger partial charge is 0.221 e. The molecule has 0 bridgehead atoms. The van der Waals surface area contributed by atoms with Gasteiger partial charge in [0, 0.05) is 25.4 Å². The average Bonchev–Trinajstić information content (AvgIpc) is 2.99. The number of amides is 1. The summed E-state index contributed by atoms with van der Waals surface area (Å²) in [6.45, 7) is 2.67. The monoisotopic (exact) mass is 308 g/mol. The summed E-state index contributed by atoms with van der Waals surface area (Å²) in [5.74, 6) is 0.0436. The predicted molar refractivity (Wildman–Crippen MR) is 85.9 cm³/mol. The van der Waals surface area contributed by atoms with Gasteiger partial charge in [-0.05, 0) is 31.7 Å². The van der Waals surface area contributed by atoms with Crippen LogP contribution in [0.15, 0.2) is 42.7 Å². The molecule has 0 fully saturated rings. The fourth-order valence-electron chi connectivity index (χ4n) is 2.10. The van der Waals surface area contributed by atoms with E-state index in [9.17, 15) is 4.79 Å². The van der Waals surface area contributed by atoms with E-state index in [2.05, 4.69) is 15.7 Å². The summed E-state index contributed by atoms with van der Waals surface area (Å²) in [4.78, 5) is 11.8. The highest BCUT2D eigenvalue weighted by Crippen LogP contribution is 2.20. The molecule has 1 unspecified atom stereocenters. The molecule has 21 heavy (non-hydrogen) atoms. The zero-order valence-corrected chi connectivity index (χ0v) is 13.1. The molecular formula is C15H21ClN4O. The van der Waals surface area contributed by atoms with Gasteiger partial charge < -0.3 is 10.6 Å². The summed E-state index contributed by atoms with van der Waals surface area (Å²) in [5.41, 5.74) is 2.04. The van der Waals surface area contributed by atoms with Crippen LogP contribution in [-0.2, 0) is 4.79 Å². The standard InChI is InChI=1S/C15H20N4O.ClH/c1-12(18-15(20)8-10-16-2)13-6-3-4-7-14(13)19-11-5-9-17-19;/h3-7,9,11-12,16H,8,10H2,1-2H3,(H,18,20);1H. The molecule has 0 spiro atoms. The highest BCUT2D eigenvalue weighted by atomic mass is 35.5. The quantitative estimate of drug-likeness (QED) is 0.859.